The van der Waals surface area contributed by atoms with E-state index in [-0.39, 0.29) is 11.4 Å². The van der Waals surface area contributed by atoms with Crippen LogP contribution in [0.1, 0.15) is 42.7 Å². The summed E-state index contributed by atoms with van der Waals surface area (Å²) >= 11 is 0. The van der Waals surface area contributed by atoms with Crippen LogP contribution in [0.25, 0.3) is 11.3 Å². The maximum Gasteiger partial charge on any atom is 0.253 e. The van der Waals surface area contributed by atoms with Crippen molar-refractivity contribution in [2.75, 3.05) is 6.54 Å². The molecule has 1 aromatic heterocycles. The van der Waals surface area contributed by atoms with Gasteiger partial charge in [-0.1, -0.05) is 44.2 Å². The van der Waals surface area contributed by atoms with Crippen molar-refractivity contribution in [2.45, 2.75) is 39.2 Å². The summed E-state index contributed by atoms with van der Waals surface area (Å²) < 4.78 is 0. The Balaban J connectivity index is 2.13. The number of rotatable bonds is 6. The second-order valence-electron chi connectivity index (χ2n) is 5.95. The van der Waals surface area contributed by atoms with Gasteiger partial charge < -0.3 is 11.1 Å². The summed E-state index contributed by atoms with van der Waals surface area (Å²) in [6.45, 7) is 6.41. The highest BCUT2D eigenvalue weighted by Gasteiger charge is 2.21. The molecular weight excluding hydrogens is 286 g/mol. The zero-order valence-electron chi connectivity index (χ0n) is 14.1. The third-order valence-corrected chi connectivity index (χ3v) is 4.41. The van der Waals surface area contributed by atoms with Gasteiger partial charge in [-0.15, -0.1) is 0 Å². The molecule has 0 aliphatic heterocycles. The molecule has 1 heterocycles. The average Bonchev–Trinajstić information content (AvgIpc) is 2.60. The van der Waals surface area contributed by atoms with Crippen molar-refractivity contribution in [3.05, 3.63) is 53.7 Å². The van der Waals surface area contributed by atoms with Crippen LogP contribution in [0.15, 0.2) is 42.5 Å². The van der Waals surface area contributed by atoms with Gasteiger partial charge in [-0.3, -0.25) is 9.78 Å². The largest absolute Gasteiger partial charge is 0.350 e. The lowest BCUT2D eigenvalue weighted by Gasteiger charge is -2.26. The maximum atomic E-state index is 12.4. The normalized spacial score (nSPS) is 11.3. The van der Waals surface area contributed by atoms with E-state index in [2.05, 4.69) is 10.3 Å². The molecule has 0 spiro atoms. The van der Waals surface area contributed by atoms with E-state index in [1.807, 2.05) is 63.2 Å². The summed E-state index contributed by atoms with van der Waals surface area (Å²) in [6, 6.07) is 13.6. The summed E-state index contributed by atoms with van der Waals surface area (Å²) in [6.07, 6.45) is 1.65. The lowest BCUT2D eigenvalue weighted by molar-refractivity contribution is 0.0941. The van der Waals surface area contributed by atoms with Gasteiger partial charge in [0.25, 0.3) is 5.91 Å². The molecule has 2 rings (SSSR count). The van der Waals surface area contributed by atoms with Crippen molar-refractivity contribution >= 4 is 5.91 Å². The minimum absolute atomic E-state index is 0.119. The van der Waals surface area contributed by atoms with E-state index in [0.29, 0.717) is 12.1 Å². The molecule has 0 fully saturated rings. The van der Waals surface area contributed by atoms with E-state index in [9.17, 15) is 4.79 Å². The molecule has 4 heteroatoms. The van der Waals surface area contributed by atoms with Crippen molar-refractivity contribution in [3.63, 3.8) is 0 Å². The summed E-state index contributed by atoms with van der Waals surface area (Å²) in [5.74, 6) is -0.119. The van der Waals surface area contributed by atoms with Crippen LogP contribution in [-0.2, 0) is 0 Å². The summed E-state index contributed by atoms with van der Waals surface area (Å²) in [4.78, 5) is 16.9. The molecule has 0 unspecified atom stereocenters. The number of nitrogens with one attached hydrogen (secondary N) is 1. The zero-order chi connectivity index (χ0) is 16.9. The molecule has 122 valence electrons. The number of carbonyl (C=O) groups excluding carboxylic acids is 1. The van der Waals surface area contributed by atoms with Crippen LogP contribution in [0.5, 0.6) is 0 Å². The van der Waals surface area contributed by atoms with Gasteiger partial charge in [0.05, 0.1) is 17.0 Å². The maximum absolute atomic E-state index is 12.4. The predicted molar refractivity (Wildman–Crippen MR) is 94.2 cm³/mol. The smallest absolute Gasteiger partial charge is 0.253 e. The molecule has 1 aromatic carbocycles. The second kappa shape index (κ2) is 7.38. The SMILES string of the molecule is CCC(N)(CC)CNC(=O)c1ccc(-c2ccccc2)nc1C. The van der Waals surface area contributed by atoms with E-state index in [1.54, 1.807) is 0 Å². The molecule has 4 nitrogen and oxygen atoms in total. The highest BCUT2D eigenvalue weighted by atomic mass is 16.1. The van der Waals surface area contributed by atoms with Crippen LogP contribution in [0.3, 0.4) is 0 Å². The fourth-order valence-corrected chi connectivity index (χ4v) is 2.42. The van der Waals surface area contributed by atoms with E-state index in [0.717, 1.165) is 29.8 Å². The lowest BCUT2D eigenvalue weighted by atomic mass is 9.94. The van der Waals surface area contributed by atoms with Gasteiger partial charge in [-0.25, -0.2) is 0 Å². The fraction of sp³-hybridized carbons (Fsp3) is 0.368. The van der Waals surface area contributed by atoms with Crippen molar-refractivity contribution in [1.29, 1.82) is 0 Å². The van der Waals surface area contributed by atoms with Crippen LogP contribution in [-0.4, -0.2) is 23.0 Å². The topological polar surface area (TPSA) is 68.0 Å². The number of nitrogens with two attached hydrogens (primary N) is 1. The first-order valence-electron chi connectivity index (χ1n) is 8.09. The molecule has 1 amide bonds. The van der Waals surface area contributed by atoms with Gasteiger partial charge in [0.1, 0.15) is 0 Å². The first-order valence-corrected chi connectivity index (χ1v) is 8.09. The number of hydrogen-bond donors (Lipinski definition) is 2. The highest BCUT2D eigenvalue weighted by Crippen LogP contribution is 2.18. The van der Waals surface area contributed by atoms with Gasteiger partial charge in [-0.2, -0.15) is 0 Å². The Hall–Kier alpha value is -2.20. The minimum atomic E-state index is -0.346. The molecule has 0 saturated carbocycles. The van der Waals surface area contributed by atoms with E-state index < -0.39 is 0 Å². The Kier molecular flexibility index (Phi) is 5.50. The number of benzene rings is 1. The van der Waals surface area contributed by atoms with Crippen molar-refractivity contribution in [2.24, 2.45) is 5.73 Å². The molecule has 0 saturated heterocycles. The molecule has 3 N–H and O–H groups in total. The molecule has 0 atom stereocenters. The average molecular weight is 311 g/mol. The van der Waals surface area contributed by atoms with Crippen LogP contribution < -0.4 is 11.1 Å². The number of carbonyl (C=O) groups is 1. The van der Waals surface area contributed by atoms with Crippen LogP contribution in [0.4, 0.5) is 0 Å². The molecular formula is C19H25N3O. The lowest BCUT2D eigenvalue weighted by Crippen LogP contribution is -2.49. The molecule has 2 aromatic rings. The summed E-state index contributed by atoms with van der Waals surface area (Å²) in [7, 11) is 0. The van der Waals surface area contributed by atoms with Crippen LogP contribution >= 0.6 is 0 Å². The second-order valence-corrected chi connectivity index (χ2v) is 5.95. The van der Waals surface area contributed by atoms with Crippen molar-refractivity contribution in [1.82, 2.24) is 10.3 Å². The first-order chi connectivity index (χ1) is 11.0. The molecule has 0 radical (unpaired) electrons. The number of pyridine rings is 1. The van der Waals surface area contributed by atoms with Gasteiger partial charge >= 0.3 is 0 Å². The van der Waals surface area contributed by atoms with Crippen LogP contribution in [0, 0.1) is 6.92 Å². The predicted octanol–water partition coefficient (Wildman–Crippen LogP) is 3.30. The fourth-order valence-electron chi connectivity index (χ4n) is 2.42. The van der Waals surface area contributed by atoms with E-state index in [1.165, 1.54) is 0 Å². The summed E-state index contributed by atoms with van der Waals surface area (Å²) in [5.41, 5.74) is 9.12. The van der Waals surface area contributed by atoms with Gasteiger partial charge in [0, 0.05) is 17.6 Å². The van der Waals surface area contributed by atoms with Crippen molar-refractivity contribution < 1.29 is 4.79 Å². The molecule has 23 heavy (non-hydrogen) atoms. The Morgan fingerprint density at radius 2 is 1.78 bits per heavy atom. The van der Waals surface area contributed by atoms with Gasteiger partial charge in [0.2, 0.25) is 0 Å². The quantitative estimate of drug-likeness (QED) is 0.860. The Labute approximate surface area is 138 Å². The Bertz CT molecular complexity index is 664. The van der Waals surface area contributed by atoms with Gasteiger partial charge in [0.15, 0.2) is 0 Å². The zero-order valence-corrected chi connectivity index (χ0v) is 14.1. The van der Waals surface area contributed by atoms with Crippen molar-refractivity contribution in [3.8, 4) is 11.3 Å². The van der Waals surface area contributed by atoms with E-state index >= 15 is 0 Å². The Morgan fingerprint density at radius 1 is 1.13 bits per heavy atom. The first kappa shape index (κ1) is 17.2. The molecule has 0 bridgehead atoms. The number of amides is 1. The number of aromatic nitrogens is 1. The third kappa shape index (κ3) is 4.17. The minimum Gasteiger partial charge on any atom is -0.350 e. The number of hydrogen-bond acceptors (Lipinski definition) is 3. The standard InChI is InChI=1S/C19H25N3O/c1-4-19(20,5-2)13-21-18(23)16-11-12-17(22-14(16)3)15-9-7-6-8-10-15/h6-12H,4-5,13,20H2,1-3H3,(H,21,23). The monoisotopic (exact) mass is 311 g/mol. The van der Waals surface area contributed by atoms with Crippen LogP contribution in [0.2, 0.25) is 0 Å². The number of nitrogens with zero attached hydrogens (tertiary/aromatic N) is 1. The number of aryl methyl sites for hydroxylation is 1. The molecule has 0 aliphatic rings. The third-order valence-electron chi connectivity index (χ3n) is 4.41. The Morgan fingerprint density at radius 3 is 2.35 bits per heavy atom. The highest BCUT2D eigenvalue weighted by molar-refractivity contribution is 5.95. The molecule has 0 aliphatic carbocycles. The van der Waals surface area contributed by atoms with E-state index in [4.69, 9.17) is 5.73 Å². The summed E-state index contributed by atoms with van der Waals surface area (Å²) in [5, 5.41) is 2.94. The van der Waals surface area contributed by atoms with Gasteiger partial charge in [-0.05, 0) is 31.9 Å².